The summed E-state index contributed by atoms with van der Waals surface area (Å²) in [5.41, 5.74) is 0.539. The number of rotatable bonds is 6. The fraction of sp³-hybridized carbons (Fsp3) is 0.100. The molecule has 0 unspecified atom stereocenters. The second-order valence-corrected chi connectivity index (χ2v) is 7.81. The van der Waals surface area contributed by atoms with Crippen LogP contribution < -0.4 is 11.0 Å². The van der Waals surface area contributed by atoms with Crippen molar-refractivity contribution in [2.75, 3.05) is 0 Å². The maximum atomic E-state index is 13.4. The van der Waals surface area contributed by atoms with Gasteiger partial charge in [0.05, 0.1) is 0 Å². The number of carbonyl (C=O) groups excluding carboxylic acids is 1. The second-order valence-electron chi connectivity index (χ2n) is 6.31. The summed E-state index contributed by atoms with van der Waals surface area (Å²) in [5, 5.41) is 12.1. The quantitative estimate of drug-likeness (QED) is 0.495. The molecule has 0 aliphatic rings. The van der Waals surface area contributed by atoms with Crippen molar-refractivity contribution in [3.63, 3.8) is 0 Å². The van der Waals surface area contributed by atoms with Crippen molar-refractivity contribution >= 4 is 34.9 Å². The molecule has 7 nitrogen and oxygen atoms in total. The van der Waals surface area contributed by atoms with Crippen molar-refractivity contribution in [3.8, 4) is 0 Å². The minimum Gasteiger partial charge on any atom is -0.350 e. The van der Waals surface area contributed by atoms with Crippen LogP contribution >= 0.6 is 23.4 Å². The lowest BCUT2D eigenvalue weighted by molar-refractivity contribution is -0.122. The molecule has 0 atom stereocenters. The summed E-state index contributed by atoms with van der Waals surface area (Å²) in [4.78, 5) is 25.5. The van der Waals surface area contributed by atoms with E-state index in [1.807, 2.05) is 6.07 Å². The normalized spacial score (nSPS) is 11.0. The molecule has 2 aromatic heterocycles. The molecule has 0 aliphatic carbocycles. The number of halogens is 2. The number of carbonyl (C=O) groups is 1. The van der Waals surface area contributed by atoms with Crippen molar-refractivity contribution in [3.05, 3.63) is 87.6 Å². The number of aromatic nitrogens is 4. The third-order valence-corrected chi connectivity index (χ3v) is 5.45. The van der Waals surface area contributed by atoms with Crippen LogP contribution in [0.4, 0.5) is 4.39 Å². The number of nitrogens with one attached hydrogen (secondary N) is 1. The van der Waals surface area contributed by atoms with Crippen molar-refractivity contribution in [1.29, 1.82) is 0 Å². The van der Waals surface area contributed by atoms with Gasteiger partial charge in [0.25, 0.3) is 0 Å². The van der Waals surface area contributed by atoms with Gasteiger partial charge < -0.3 is 5.32 Å². The Balaban J connectivity index is 1.48. The maximum Gasteiger partial charge on any atom is 0.367 e. The Morgan fingerprint density at radius 1 is 1.10 bits per heavy atom. The van der Waals surface area contributed by atoms with E-state index in [9.17, 15) is 14.0 Å². The third kappa shape index (κ3) is 4.52. The summed E-state index contributed by atoms with van der Waals surface area (Å²) in [6.07, 6.45) is 0. The van der Waals surface area contributed by atoms with Crippen LogP contribution in [0.3, 0.4) is 0 Å². The smallest absolute Gasteiger partial charge is 0.350 e. The van der Waals surface area contributed by atoms with Crippen molar-refractivity contribution in [2.24, 2.45) is 0 Å². The highest BCUT2D eigenvalue weighted by Gasteiger charge is 2.13. The van der Waals surface area contributed by atoms with Gasteiger partial charge in [0, 0.05) is 16.5 Å². The Kier molecular flexibility index (Phi) is 5.82. The van der Waals surface area contributed by atoms with E-state index in [-0.39, 0.29) is 24.8 Å². The van der Waals surface area contributed by atoms with Gasteiger partial charge in [0.1, 0.15) is 17.4 Å². The number of amides is 1. The highest BCUT2D eigenvalue weighted by molar-refractivity contribution is 7.99. The van der Waals surface area contributed by atoms with Gasteiger partial charge in [-0.25, -0.2) is 13.9 Å². The zero-order valence-corrected chi connectivity index (χ0v) is 17.0. The predicted octanol–water partition coefficient (Wildman–Crippen LogP) is 3.15. The molecule has 0 aliphatic heterocycles. The summed E-state index contributed by atoms with van der Waals surface area (Å²) in [6.45, 7) is -0.00762. The third-order valence-electron chi connectivity index (χ3n) is 4.16. The molecular formula is C20H15ClFN5O2S. The lowest BCUT2D eigenvalue weighted by atomic mass is 10.2. The molecule has 0 fully saturated rings. The number of hydrogen-bond acceptors (Lipinski definition) is 5. The molecule has 2 heterocycles. The zero-order chi connectivity index (χ0) is 21.1. The first-order chi connectivity index (χ1) is 14.5. The van der Waals surface area contributed by atoms with Crippen LogP contribution in [0.15, 0.2) is 75.4 Å². The Hall–Kier alpha value is -3.17. The molecule has 0 spiro atoms. The molecule has 2 aromatic carbocycles. The van der Waals surface area contributed by atoms with Gasteiger partial charge in [-0.1, -0.05) is 47.6 Å². The van der Waals surface area contributed by atoms with Crippen LogP contribution in [-0.2, 0) is 17.9 Å². The largest absolute Gasteiger partial charge is 0.367 e. The summed E-state index contributed by atoms with van der Waals surface area (Å²) >= 11 is 7.29. The van der Waals surface area contributed by atoms with Crippen LogP contribution in [0.2, 0.25) is 5.02 Å². The minimum atomic E-state index is -0.542. The molecule has 152 valence electrons. The van der Waals surface area contributed by atoms with Crippen LogP contribution in [0, 0.1) is 5.82 Å². The van der Waals surface area contributed by atoms with Gasteiger partial charge in [0.2, 0.25) is 5.91 Å². The average molecular weight is 444 g/mol. The fourth-order valence-corrected chi connectivity index (χ4v) is 3.75. The highest BCUT2D eigenvalue weighted by atomic mass is 35.5. The fourth-order valence-electron chi connectivity index (χ4n) is 2.73. The number of nitrogens with zero attached hydrogens (tertiary/aromatic N) is 4. The van der Waals surface area contributed by atoms with Crippen LogP contribution in [0.25, 0.3) is 5.65 Å². The van der Waals surface area contributed by atoms with E-state index in [0.29, 0.717) is 20.6 Å². The summed E-state index contributed by atoms with van der Waals surface area (Å²) in [6, 6.07) is 16.5. The zero-order valence-electron chi connectivity index (χ0n) is 15.5. The second kappa shape index (κ2) is 8.68. The SMILES string of the molecule is O=C(Cn1nc2ccc(Sc3cccc(F)c3)nn2c1=O)NCc1ccccc1Cl. The van der Waals surface area contributed by atoms with E-state index >= 15 is 0 Å². The molecule has 0 radical (unpaired) electrons. The Labute approximate surface area is 179 Å². The molecule has 0 bridgehead atoms. The van der Waals surface area contributed by atoms with E-state index in [2.05, 4.69) is 15.5 Å². The van der Waals surface area contributed by atoms with Crippen molar-refractivity contribution in [2.45, 2.75) is 23.0 Å². The van der Waals surface area contributed by atoms with E-state index < -0.39 is 5.69 Å². The predicted molar refractivity (Wildman–Crippen MR) is 111 cm³/mol. The Morgan fingerprint density at radius 3 is 2.73 bits per heavy atom. The van der Waals surface area contributed by atoms with Crippen LogP contribution in [0.1, 0.15) is 5.56 Å². The van der Waals surface area contributed by atoms with Gasteiger partial charge in [-0.3, -0.25) is 4.79 Å². The van der Waals surface area contributed by atoms with Gasteiger partial charge >= 0.3 is 5.69 Å². The standard InChI is InChI=1S/C20H15ClFN5O2S/c21-16-7-2-1-4-13(16)11-23-18(28)12-26-20(29)27-17(24-26)8-9-19(25-27)30-15-6-3-5-14(22)10-15/h1-10H,11-12H2,(H,23,28). The van der Waals surface area contributed by atoms with Crippen LogP contribution in [0.5, 0.6) is 0 Å². The van der Waals surface area contributed by atoms with Crippen molar-refractivity contribution < 1.29 is 9.18 Å². The first-order valence-corrected chi connectivity index (χ1v) is 10.1. The number of fused-ring (bicyclic) bond motifs is 1. The summed E-state index contributed by atoms with van der Waals surface area (Å²) in [5.74, 6) is -0.733. The highest BCUT2D eigenvalue weighted by Crippen LogP contribution is 2.26. The first kappa shape index (κ1) is 20.1. The lowest BCUT2D eigenvalue weighted by Gasteiger charge is -2.06. The molecule has 4 rings (SSSR count). The molecule has 4 aromatic rings. The topological polar surface area (TPSA) is 81.3 Å². The Morgan fingerprint density at radius 2 is 1.93 bits per heavy atom. The lowest BCUT2D eigenvalue weighted by Crippen LogP contribution is -2.32. The van der Waals surface area contributed by atoms with Gasteiger partial charge in [0.15, 0.2) is 5.65 Å². The maximum absolute atomic E-state index is 13.4. The van der Waals surface area contributed by atoms with Gasteiger partial charge in [-0.05, 0) is 42.0 Å². The number of benzene rings is 2. The molecular weight excluding hydrogens is 429 g/mol. The van der Waals surface area contributed by atoms with Crippen LogP contribution in [-0.4, -0.2) is 25.3 Å². The van der Waals surface area contributed by atoms with Gasteiger partial charge in [-0.2, -0.15) is 9.61 Å². The first-order valence-electron chi connectivity index (χ1n) is 8.90. The number of hydrogen-bond donors (Lipinski definition) is 1. The van der Waals surface area contributed by atoms with E-state index in [1.165, 1.54) is 23.9 Å². The molecule has 1 N–H and O–H groups in total. The average Bonchev–Trinajstić information content (AvgIpc) is 3.02. The minimum absolute atomic E-state index is 0.243. The van der Waals surface area contributed by atoms with Crippen molar-refractivity contribution in [1.82, 2.24) is 24.7 Å². The van der Waals surface area contributed by atoms with E-state index in [4.69, 9.17) is 11.6 Å². The molecule has 30 heavy (non-hydrogen) atoms. The van der Waals surface area contributed by atoms with Gasteiger partial charge in [-0.15, -0.1) is 5.10 Å². The monoisotopic (exact) mass is 443 g/mol. The van der Waals surface area contributed by atoms with E-state index in [1.54, 1.807) is 42.5 Å². The molecule has 0 saturated carbocycles. The Bertz CT molecular complexity index is 1290. The van der Waals surface area contributed by atoms with E-state index in [0.717, 1.165) is 14.8 Å². The summed E-state index contributed by atoms with van der Waals surface area (Å²) < 4.78 is 15.5. The molecule has 1 amide bonds. The molecule has 0 saturated heterocycles. The molecule has 10 heteroatoms. The summed E-state index contributed by atoms with van der Waals surface area (Å²) in [7, 11) is 0.